The SMILES string of the molecule is COc1cccc(CP=O)n1. The monoisotopic (exact) mass is 169 g/mol. The lowest BCUT2D eigenvalue weighted by Crippen LogP contribution is -1.89. The molecule has 0 saturated carbocycles. The number of hydrogen-bond acceptors (Lipinski definition) is 3. The van der Waals surface area contributed by atoms with Gasteiger partial charge >= 0.3 is 0 Å². The van der Waals surface area contributed by atoms with Gasteiger partial charge in [0.15, 0.2) is 8.46 Å². The van der Waals surface area contributed by atoms with Crippen LogP contribution in [0.25, 0.3) is 0 Å². The maximum absolute atomic E-state index is 10.2. The molecule has 0 fully saturated rings. The molecule has 0 amide bonds. The van der Waals surface area contributed by atoms with Gasteiger partial charge in [-0.25, -0.2) is 4.98 Å². The van der Waals surface area contributed by atoms with Crippen LogP contribution >= 0.6 is 8.46 Å². The van der Waals surface area contributed by atoms with Crippen LogP contribution in [0.5, 0.6) is 5.88 Å². The van der Waals surface area contributed by atoms with Gasteiger partial charge in [0.1, 0.15) is 0 Å². The minimum Gasteiger partial charge on any atom is -0.481 e. The lowest BCUT2D eigenvalue weighted by atomic mass is 10.4. The Hall–Kier alpha value is -0.950. The molecule has 0 aliphatic carbocycles. The largest absolute Gasteiger partial charge is 0.481 e. The highest BCUT2D eigenvalue weighted by Gasteiger charge is 1.95. The first-order chi connectivity index (χ1) is 5.36. The van der Waals surface area contributed by atoms with Gasteiger partial charge in [-0.1, -0.05) is 6.07 Å². The number of pyridine rings is 1. The van der Waals surface area contributed by atoms with Crippen molar-refractivity contribution in [1.29, 1.82) is 0 Å². The van der Waals surface area contributed by atoms with E-state index < -0.39 is 0 Å². The molecule has 0 atom stereocenters. The second-order valence-electron chi connectivity index (χ2n) is 1.96. The second kappa shape index (κ2) is 4.04. The average Bonchev–Trinajstić information content (AvgIpc) is 2.06. The number of nitrogens with zero attached hydrogens (tertiary/aromatic N) is 1. The van der Waals surface area contributed by atoms with Crippen LogP contribution in [-0.2, 0) is 10.7 Å². The standard InChI is InChI=1S/C7H8NO2P/c1-10-7-4-2-3-6(8-7)5-11-9/h2-4H,5H2,1H3. The molecule has 1 heterocycles. The van der Waals surface area contributed by atoms with Crippen molar-refractivity contribution in [3.05, 3.63) is 23.9 Å². The molecule has 58 valence electrons. The van der Waals surface area contributed by atoms with Crippen molar-refractivity contribution < 1.29 is 9.30 Å². The van der Waals surface area contributed by atoms with E-state index >= 15 is 0 Å². The molecule has 11 heavy (non-hydrogen) atoms. The summed E-state index contributed by atoms with van der Waals surface area (Å²) in [5, 5.41) is 0. The predicted molar refractivity (Wildman–Crippen MR) is 42.1 cm³/mol. The lowest BCUT2D eigenvalue weighted by Gasteiger charge is -1.98. The first-order valence-electron chi connectivity index (χ1n) is 3.16. The molecule has 0 aromatic carbocycles. The molecule has 0 spiro atoms. The van der Waals surface area contributed by atoms with Crippen LogP contribution in [0.3, 0.4) is 0 Å². The van der Waals surface area contributed by atoms with Gasteiger partial charge in [-0.2, -0.15) is 0 Å². The van der Waals surface area contributed by atoms with E-state index in [1.54, 1.807) is 13.2 Å². The molecule has 0 bridgehead atoms. The number of rotatable bonds is 3. The summed E-state index contributed by atoms with van der Waals surface area (Å²) in [5.41, 5.74) is 0.779. The van der Waals surface area contributed by atoms with Crippen LogP contribution < -0.4 is 4.74 Å². The van der Waals surface area contributed by atoms with Crippen molar-refractivity contribution >= 4 is 8.46 Å². The van der Waals surface area contributed by atoms with E-state index in [0.717, 1.165) is 5.69 Å². The van der Waals surface area contributed by atoms with Crippen molar-refractivity contribution in [1.82, 2.24) is 4.98 Å². The molecule has 0 aliphatic heterocycles. The molecule has 0 radical (unpaired) electrons. The van der Waals surface area contributed by atoms with Crippen LogP contribution in [0.4, 0.5) is 0 Å². The zero-order valence-corrected chi connectivity index (χ0v) is 7.04. The van der Waals surface area contributed by atoms with Crippen LogP contribution in [0, 0.1) is 0 Å². The Morgan fingerprint density at radius 2 is 2.45 bits per heavy atom. The summed E-state index contributed by atoms with van der Waals surface area (Å²) in [5.74, 6) is 0.561. The summed E-state index contributed by atoms with van der Waals surface area (Å²) in [6, 6.07) is 5.39. The van der Waals surface area contributed by atoms with Crippen molar-refractivity contribution in [2.75, 3.05) is 7.11 Å². The van der Waals surface area contributed by atoms with E-state index in [9.17, 15) is 4.57 Å². The fraction of sp³-hybridized carbons (Fsp3) is 0.286. The van der Waals surface area contributed by atoms with Gasteiger partial charge in [0.2, 0.25) is 5.88 Å². The van der Waals surface area contributed by atoms with E-state index in [-0.39, 0.29) is 8.46 Å². The molecular weight excluding hydrogens is 161 g/mol. The molecule has 0 saturated heterocycles. The van der Waals surface area contributed by atoms with Gasteiger partial charge in [0.25, 0.3) is 0 Å². The highest BCUT2D eigenvalue weighted by molar-refractivity contribution is 7.22. The average molecular weight is 169 g/mol. The highest BCUT2D eigenvalue weighted by atomic mass is 31.1. The third-order valence-electron chi connectivity index (χ3n) is 1.22. The zero-order valence-electron chi connectivity index (χ0n) is 6.15. The van der Waals surface area contributed by atoms with Crippen LogP contribution in [0.2, 0.25) is 0 Å². The second-order valence-corrected chi connectivity index (χ2v) is 2.53. The van der Waals surface area contributed by atoms with Gasteiger partial charge in [-0.15, -0.1) is 0 Å². The normalized spacial score (nSPS) is 9.91. The highest BCUT2D eigenvalue weighted by Crippen LogP contribution is 2.10. The molecule has 1 aromatic rings. The minimum absolute atomic E-state index is 0.0854. The van der Waals surface area contributed by atoms with Crippen LogP contribution in [-0.4, -0.2) is 12.1 Å². The maximum atomic E-state index is 10.2. The smallest absolute Gasteiger partial charge is 0.213 e. The quantitative estimate of drug-likeness (QED) is 0.648. The molecular formula is C7H8NO2P. The van der Waals surface area contributed by atoms with Gasteiger partial charge in [-0.05, 0) is 6.07 Å². The summed E-state index contributed by atoms with van der Waals surface area (Å²) in [6.07, 6.45) is 0.442. The summed E-state index contributed by atoms with van der Waals surface area (Å²) in [7, 11) is 1.64. The van der Waals surface area contributed by atoms with Crippen molar-refractivity contribution in [2.24, 2.45) is 0 Å². The summed E-state index contributed by atoms with van der Waals surface area (Å²) < 4.78 is 15.1. The van der Waals surface area contributed by atoms with Crippen molar-refractivity contribution in [3.63, 3.8) is 0 Å². The fourth-order valence-corrected chi connectivity index (χ4v) is 1.03. The zero-order chi connectivity index (χ0) is 8.10. The third kappa shape index (κ3) is 2.28. The number of aromatic nitrogens is 1. The third-order valence-corrected chi connectivity index (χ3v) is 1.67. The van der Waals surface area contributed by atoms with Gasteiger partial charge in [-0.3, -0.25) is 4.57 Å². The van der Waals surface area contributed by atoms with Crippen LogP contribution in [0.15, 0.2) is 18.2 Å². The van der Waals surface area contributed by atoms with E-state index in [1.165, 1.54) is 0 Å². The van der Waals surface area contributed by atoms with Gasteiger partial charge < -0.3 is 4.74 Å². The van der Waals surface area contributed by atoms with E-state index in [0.29, 0.717) is 12.0 Å². The minimum atomic E-state index is 0.0854. The Kier molecular flexibility index (Phi) is 2.99. The molecule has 1 aromatic heterocycles. The molecule has 3 nitrogen and oxygen atoms in total. The van der Waals surface area contributed by atoms with Gasteiger partial charge in [0, 0.05) is 6.07 Å². The van der Waals surface area contributed by atoms with Crippen LogP contribution in [0.1, 0.15) is 5.69 Å². The number of hydrogen-bond donors (Lipinski definition) is 0. The maximum Gasteiger partial charge on any atom is 0.213 e. The Morgan fingerprint density at radius 3 is 3.09 bits per heavy atom. The fourth-order valence-electron chi connectivity index (χ4n) is 0.725. The molecule has 0 unspecified atom stereocenters. The summed E-state index contributed by atoms with van der Waals surface area (Å²) in [6.45, 7) is 0. The first-order valence-corrected chi connectivity index (χ1v) is 4.15. The lowest BCUT2D eigenvalue weighted by molar-refractivity contribution is 0.397. The summed E-state index contributed by atoms with van der Waals surface area (Å²) >= 11 is 0. The molecule has 0 N–H and O–H groups in total. The Labute approximate surface area is 66.6 Å². The summed E-state index contributed by atoms with van der Waals surface area (Å²) in [4.78, 5) is 4.05. The van der Waals surface area contributed by atoms with E-state index in [1.807, 2.05) is 12.1 Å². The van der Waals surface area contributed by atoms with Gasteiger partial charge in [0.05, 0.1) is 19.0 Å². The van der Waals surface area contributed by atoms with E-state index in [4.69, 9.17) is 4.74 Å². The molecule has 1 rings (SSSR count). The van der Waals surface area contributed by atoms with Crippen molar-refractivity contribution in [2.45, 2.75) is 6.16 Å². The first kappa shape index (κ1) is 8.15. The topological polar surface area (TPSA) is 39.2 Å². The van der Waals surface area contributed by atoms with E-state index in [2.05, 4.69) is 4.98 Å². The van der Waals surface area contributed by atoms with Crippen molar-refractivity contribution in [3.8, 4) is 5.88 Å². The Balaban J connectivity index is 2.82. The number of ether oxygens (including phenoxy) is 1. The molecule has 0 aliphatic rings. The number of methoxy groups -OCH3 is 1. The Morgan fingerprint density at radius 1 is 1.64 bits per heavy atom. The molecule has 4 heteroatoms. The predicted octanol–water partition coefficient (Wildman–Crippen LogP) is 1.88. The Bertz CT molecular complexity index is 252.